The summed E-state index contributed by atoms with van der Waals surface area (Å²) in [6.45, 7) is 0. The van der Waals surface area contributed by atoms with Gasteiger partial charge in [0.15, 0.2) is 0 Å². The molecule has 2 aromatic carbocycles. The van der Waals surface area contributed by atoms with Crippen LogP contribution in [0, 0.1) is 11.6 Å². The summed E-state index contributed by atoms with van der Waals surface area (Å²) in [4.78, 5) is 0. The average molecular weight is 317 g/mol. The lowest BCUT2D eigenvalue weighted by Gasteiger charge is -2.18. The number of hydrogen-bond acceptors (Lipinski definition) is 2. The van der Waals surface area contributed by atoms with Crippen molar-refractivity contribution in [3.05, 3.63) is 69.2 Å². The largest absolute Gasteiger partial charge is 0.271 e. The summed E-state index contributed by atoms with van der Waals surface area (Å²) in [6.07, 6.45) is 0.240. The lowest BCUT2D eigenvalue weighted by molar-refractivity contribution is 0.473. The molecule has 2 nitrogen and oxygen atoms in total. The second-order valence-corrected chi connectivity index (χ2v) is 5.14. The second-order valence-electron chi connectivity index (χ2n) is 4.29. The van der Waals surface area contributed by atoms with E-state index in [-0.39, 0.29) is 12.0 Å². The predicted molar refractivity (Wildman–Crippen MR) is 76.6 cm³/mol. The summed E-state index contributed by atoms with van der Waals surface area (Å²) in [5.74, 6) is 4.11. The number of benzene rings is 2. The molecular formula is C14H12Cl2F2N2. The average Bonchev–Trinajstić information content (AvgIpc) is 2.39. The van der Waals surface area contributed by atoms with E-state index in [0.29, 0.717) is 15.6 Å². The molecular weight excluding hydrogens is 305 g/mol. The first-order valence-corrected chi connectivity index (χ1v) is 6.62. The van der Waals surface area contributed by atoms with E-state index in [1.807, 2.05) is 0 Å². The van der Waals surface area contributed by atoms with Gasteiger partial charge in [0.1, 0.15) is 11.6 Å². The van der Waals surface area contributed by atoms with E-state index in [1.165, 1.54) is 18.2 Å². The van der Waals surface area contributed by atoms with Crippen LogP contribution in [0.1, 0.15) is 17.2 Å². The van der Waals surface area contributed by atoms with Gasteiger partial charge in [-0.2, -0.15) is 0 Å². The zero-order valence-corrected chi connectivity index (χ0v) is 11.8. The van der Waals surface area contributed by atoms with Crippen molar-refractivity contribution >= 4 is 23.2 Å². The molecule has 0 amide bonds. The quantitative estimate of drug-likeness (QED) is 0.660. The zero-order valence-electron chi connectivity index (χ0n) is 10.3. The van der Waals surface area contributed by atoms with Crippen LogP contribution in [0.4, 0.5) is 8.78 Å². The van der Waals surface area contributed by atoms with Crippen LogP contribution in [0.2, 0.25) is 10.0 Å². The van der Waals surface area contributed by atoms with E-state index >= 15 is 0 Å². The van der Waals surface area contributed by atoms with Crippen molar-refractivity contribution < 1.29 is 8.78 Å². The Morgan fingerprint density at radius 2 is 1.75 bits per heavy atom. The monoisotopic (exact) mass is 316 g/mol. The van der Waals surface area contributed by atoms with E-state index in [9.17, 15) is 8.78 Å². The van der Waals surface area contributed by atoms with Crippen LogP contribution in [-0.2, 0) is 6.42 Å². The van der Waals surface area contributed by atoms with Gasteiger partial charge in [0.2, 0.25) is 0 Å². The summed E-state index contributed by atoms with van der Waals surface area (Å²) < 4.78 is 27.5. The number of nitrogens with two attached hydrogens (primary N) is 1. The first-order chi connectivity index (χ1) is 9.52. The zero-order chi connectivity index (χ0) is 14.7. The van der Waals surface area contributed by atoms with Gasteiger partial charge in [-0.15, -0.1) is 0 Å². The van der Waals surface area contributed by atoms with E-state index in [1.54, 1.807) is 18.2 Å². The highest BCUT2D eigenvalue weighted by atomic mass is 35.5. The molecule has 0 radical (unpaired) electrons. The first kappa shape index (κ1) is 15.2. The molecule has 0 fully saturated rings. The van der Waals surface area contributed by atoms with Crippen molar-refractivity contribution in [3.63, 3.8) is 0 Å². The second kappa shape index (κ2) is 6.50. The molecule has 6 heteroatoms. The minimum absolute atomic E-state index is 0.110. The van der Waals surface area contributed by atoms with Gasteiger partial charge in [0.05, 0.1) is 6.04 Å². The molecule has 3 N–H and O–H groups in total. The highest BCUT2D eigenvalue weighted by Gasteiger charge is 2.20. The molecule has 0 bridgehead atoms. The summed E-state index contributed by atoms with van der Waals surface area (Å²) in [6, 6.07) is 7.89. The summed E-state index contributed by atoms with van der Waals surface area (Å²) in [5.41, 5.74) is 3.00. The van der Waals surface area contributed by atoms with Crippen molar-refractivity contribution in [2.75, 3.05) is 0 Å². The Morgan fingerprint density at radius 1 is 1.10 bits per heavy atom. The van der Waals surface area contributed by atoms with Crippen LogP contribution < -0.4 is 11.3 Å². The van der Waals surface area contributed by atoms with Gasteiger partial charge >= 0.3 is 0 Å². The molecule has 2 aromatic rings. The Morgan fingerprint density at radius 3 is 2.30 bits per heavy atom. The van der Waals surface area contributed by atoms with E-state index in [0.717, 1.165) is 0 Å². The van der Waals surface area contributed by atoms with Gasteiger partial charge in [0, 0.05) is 15.6 Å². The SMILES string of the molecule is NNC(Cc1ccc(Cl)cc1Cl)c1c(F)cccc1F. The number of hydrogen-bond donors (Lipinski definition) is 2. The lowest BCUT2D eigenvalue weighted by atomic mass is 9.98. The van der Waals surface area contributed by atoms with Gasteiger partial charge in [0.25, 0.3) is 0 Å². The maximum absolute atomic E-state index is 13.8. The lowest BCUT2D eigenvalue weighted by Crippen LogP contribution is -2.31. The first-order valence-electron chi connectivity index (χ1n) is 5.87. The minimum Gasteiger partial charge on any atom is -0.271 e. The minimum atomic E-state index is -0.727. The summed E-state index contributed by atoms with van der Waals surface area (Å²) >= 11 is 11.9. The van der Waals surface area contributed by atoms with Gasteiger partial charge in [-0.05, 0) is 36.2 Å². The normalized spacial score (nSPS) is 12.4. The third-order valence-electron chi connectivity index (χ3n) is 2.99. The molecule has 20 heavy (non-hydrogen) atoms. The van der Waals surface area contributed by atoms with Crippen molar-refractivity contribution in [1.82, 2.24) is 5.43 Å². The summed E-state index contributed by atoms with van der Waals surface area (Å²) in [5, 5.41) is 0.919. The molecule has 2 rings (SSSR count). The van der Waals surface area contributed by atoms with E-state index in [4.69, 9.17) is 29.0 Å². The molecule has 1 unspecified atom stereocenters. The molecule has 0 aromatic heterocycles. The van der Waals surface area contributed by atoms with Gasteiger partial charge in [-0.3, -0.25) is 11.3 Å². The number of nitrogens with one attached hydrogen (secondary N) is 1. The molecule has 0 heterocycles. The third-order valence-corrected chi connectivity index (χ3v) is 3.58. The number of rotatable bonds is 4. The fourth-order valence-electron chi connectivity index (χ4n) is 2.00. The predicted octanol–water partition coefficient (Wildman–Crippen LogP) is 4.02. The Kier molecular flexibility index (Phi) is 4.94. The fourth-order valence-corrected chi connectivity index (χ4v) is 2.48. The van der Waals surface area contributed by atoms with Gasteiger partial charge in [-0.1, -0.05) is 35.3 Å². The Balaban J connectivity index is 2.34. The highest BCUT2D eigenvalue weighted by Crippen LogP contribution is 2.28. The molecule has 0 saturated heterocycles. The van der Waals surface area contributed by atoms with Crippen molar-refractivity contribution in [3.8, 4) is 0 Å². The van der Waals surface area contributed by atoms with Crippen molar-refractivity contribution in [2.45, 2.75) is 12.5 Å². The Labute approximate surface area is 125 Å². The molecule has 1 atom stereocenters. The Hall–Kier alpha value is -1.20. The number of halogens is 4. The van der Waals surface area contributed by atoms with Crippen molar-refractivity contribution in [1.29, 1.82) is 0 Å². The van der Waals surface area contributed by atoms with E-state index in [2.05, 4.69) is 5.43 Å². The standard InChI is InChI=1S/C14H12Cl2F2N2/c15-9-5-4-8(10(16)7-9)6-13(20-19)14-11(17)2-1-3-12(14)18/h1-5,7,13,20H,6,19H2. The summed E-state index contributed by atoms with van der Waals surface area (Å²) in [7, 11) is 0. The van der Waals surface area contributed by atoms with Crippen LogP contribution in [0.3, 0.4) is 0 Å². The molecule has 106 valence electrons. The highest BCUT2D eigenvalue weighted by molar-refractivity contribution is 6.35. The maximum atomic E-state index is 13.8. The van der Waals surface area contributed by atoms with Crippen LogP contribution >= 0.6 is 23.2 Å². The fraction of sp³-hybridized carbons (Fsp3) is 0.143. The van der Waals surface area contributed by atoms with Crippen LogP contribution in [0.5, 0.6) is 0 Å². The van der Waals surface area contributed by atoms with Gasteiger partial charge < -0.3 is 0 Å². The Bertz CT molecular complexity index is 600. The third kappa shape index (κ3) is 3.27. The molecule has 0 spiro atoms. The van der Waals surface area contributed by atoms with E-state index < -0.39 is 17.7 Å². The molecule has 0 aliphatic carbocycles. The molecule has 0 saturated carbocycles. The molecule has 0 aliphatic heterocycles. The van der Waals surface area contributed by atoms with Crippen LogP contribution in [0.15, 0.2) is 36.4 Å². The van der Waals surface area contributed by atoms with Gasteiger partial charge in [-0.25, -0.2) is 8.78 Å². The van der Waals surface area contributed by atoms with Crippen LogP contribution in [-0.4, -0.2) is 0 Å². The van der Waals surface area contributed by atoms with Crippen LogP contribution in [0.25, 0.3) is 0 Å². The smallest absolute Gasteiger partial charge is 0.130 e. The topological polar surface area (TPSA) is 38.0 Å². The molecule has 0 aliphatic rings. The maximum Gasteiger partial charge on any atom is 0.130 e. The number of hydrazine groups is 1. The van der Waals surface area contributed by atoms with Crippen molar-refractivity contribution in [2.24, 2.45) is 5.84 Å².